The molecule has 0 saturated carbocycles. The molecule has 0 aliphatic carbocycles. The van der Waals surface area contributed by atoms with Gasteiger partial charge in [0, 0.05) is 16.8 Å². The Kier molecular flexibility index (Phi) is 3.29. The van der Waals surface area contributed by atoms with E-state index in [9.17, 15) is 0 Å². The van der Waals surface area contributed by atoms with E-state index in [0.717, 1.165) is 27.1 Å². The van der Waals surface area contributed by atoms with Gasteiger partial charge in [-0.05, 0) is 43.0 Å². The Morgan fingerprint density at radius 3 is 2.63 bits per heavy atom. The molecule has 2 aromatic heterocycles. The molecule has 19 heavy (non-hydrogen) atoms. The number of nitrogens with zero attached hydrogens (tertiary/aromatic N) is 3. The summed E-state index contributed by atoms with van der Waals surface area (Å²) in [6.07, 6.45) is 1.76. The van der Waals surface area contributed by atoms with Gasteiger partial charge in [-0.15, -0.1) is 0 Å². The summed E-state index contributed by atoms with van der Waals surface area (Å²) in [5.74, 6) is 0. The highest BCUT2D eigenvalue weighted by molar-refractivity contribution is 7.99. The van der Waals surface area contributed by atoms with Gasteiger partial charge < -0.3 is 0 Å². The first-order chi connectivity index (χ1) is 9.31. The standard InChI is InChI=1S/C14H12N4S/c1-10-9-13(18-17-10)12-7-8-15-14(16-12)19-11-5-3-2-4-6-11/h2-9H,1H3,(H,17,18). The van der Waals surface area contributed by atoms with E-state index in [1.165, 1.54) is 0 Å². The molecule has 0 unspecified atom stereocenters. The second-order valence-corrected chi connectivity index (χ2v) is 5.12. The number of aromatic nitrogens is 4. The Morgan fingerprint density at radius 2 is 1.89 bits per heavy atom. The molecular weight excluding hydrogens is 256 g/mol. The van der Waals surface area contributed by atoms with Crippen molar-refractivity contribution in [2.75, 3.05) is 0 Å². The summed E-state index contributed by atoms with van der Waals surface area (Å²) < 4.78 is 0. The SMILES string of the molecule is Cc1cc(-c2ccnc(Sc3ccccc3)n2)n[nH]1. The lowest BCUT2D eigenvalue weighted by Gasteiger charge is -2.01. The van der Waals surface area contributed by atoms with Crippen LogP contribution < -0.4 is 0 Å². The Labute approximate surface area is 115 Å². The molecule has 0 aliphatic rings. The van der Waals surface area contributed by atoms with Crippen LogP contribution in [0.3, 0.4) is 0 Å². The summed E-state index contributed by atoms with van der Waals surface area (Å²) >= 11 is 1.54. The first-order valence-electron chi connectivity index (χ1n) is 5.89. The first-order valence-corrected chi connectivity index (χ1v) is 6.71. The highest BCUT2D eigenvalue weighted by atomic mass is 32.2. The molecular formula is C14H12N4S. The van der Waals surface area contributed by atoms with E-state index in [0.29, 0.717) is 0 Å². The van der Waals surface area contributed by atoms with Crippen molar-refractivity contribution in [1.29, 1.82) is 0 Å². The van der Waals surface area contributed by atoms with Crippen LogP contribution in [-0.2, 0) is 0 Å². The van der Waals surface area contributed by atoms with E-state index < -0.39 is 0 Å². The maximum absolute atomic E-state index is 4.52. The molecule has 0 saturated heterocycles. The third-order valence-electron chi connectivity index (χ3n) is 2.55. The molecule has 0 amide bonds. The van der Waals surface area contributed by atoms with Crippen molar-refractivity contribution in [2.24, 2.45) is 0 Å². The van der Waals surface area contributed by atoms with Crippen molar-refractivity contribution in [3.8, 4) is 11.4 Å². The van der Waals surface area contributed by atoms with E-state index in [1.54, 1.807) is 18.0 Å². The van der Waals surface area contributed by atoms with E-state index in [-0.39, 0.29) is 0 Å². The average molecular weight is 268 g/mol. The fraction of sp³-hybridized carbons (Fsp3) is 0.0714. The van der Waals surface area contributed by atoms with Gasteiger partial charge in [-0.1, -0.05) is 18.2 Å². The molecule has 3 rings (SSSR count). The van der Waals surface area contributed by atoms with Gasteiger partial charge in [-0.2, -0.15) is 5.10 Å². The molecule has 5 heteroatoms. The highest BCUT2D eigenvalue weighted by Gasteiger charge is 2.06. The van der Waals surface area contributed by atoms with Crippen molar-refractivity contribution in [1.82, 2.24) is 20.2 Å². The van der Waals surface area contributed by atoms with E-state index >= 15 is 0 Å². The minimum Gasteiger partial charge on any atom is -0.282 e. The van der Waals surface area contributed by atoms with Crippen molar-refractivity contribution in [2.45, 2.75) is 17.0 Å². The third-order valence-corrected chi connectivity index (χ3v) is 3.44. The zero-order valence-corrected chi connectivity index (χ0v) is 11.2. The Hall–Kier alpha value is -2.14. The molecule has 94 valence electrons. The third kappa shape index (κ3) is 2.82. The molecule has 0 radical (unpaired) electrons. The van der Waals surface area contributed by atoms with Crippen LogP contribution in [-0.4, -0.2) is 20.2 Å². The van der Waals surface area contributed by atoms with Crippen LogP contribution in [0.1, 0.15) is 5.69 Å². The number of aryl methyl sites for hydroxylation is 1. The number of hydrogen-bond acceptors (Lipinski definition) is 4. The second kappa shape index (κ2) is 5.24. The maximum Gasteiger partial charge on any atom is 0.193 e. The molecule has 4 nitrogen and oxygen atoms in total. The quantitative estimate of drug-likeness (QED) is 0.740. The average Bonchev–Trinajstić information content (AvgIpc) is 2.87. The largest absolute Gasteiger partial charge is 0.282 e. The summed E-state index contributed by atoms with van der Waals surface area (Å²) in [5.41, 5.74) is 2.69. The van der Waals surface area contributed by atoms with Gasteiger partial charge >= 0.3 is 0 Å². The van der Waals surface area contributed by atoms with Gasteiger partial charge in [0.25, 0.3) is 0 Å². The Morgan fingerprint density at radius 1 is 1.05 bits per heavy atom. The summed E-state index contributed by atoms with van der Waals surface area (Å²) in [4.78, 5) is 9.92. The molecule has 0 fully saturated rings. The van der Waals surface area contributed by atoms with Crippen molar-refractivity contribution >= 4 is 11.8 Å². The fourth-order valence-electron chi connectivity index (χ4n) is 1.68. The molecule has 0 aliphatic heterocycles. The normalized spacial score (nSPS) is 10.6. The maximum atomic E-state index is 4.52. The Bertz CT molecular complexity index is 679. The minimum atomic E-state index is 0.726. The van der Waals surface area contributed by atoms with Crippen LogP contribution in [0.2, 0.25) is 0 Å². The predicted molar refractivity (Wildman–Crippen MR) is 74.9 cm³/mol. The Balaban J connectivity index is 1.88. The van der Waals surface area contributed by atoms with Gasteiger partial charge in [0.2, 0.25) is 0 Å². The van der Waals surface area contributed by atoms with Crippen LogP contribution in [0, 0.1) is 6.92 Å². The van der Waals surface area contributed by atoms with Gasteiger partial charge in [0.05, 0.1) is 5.69 Å². The second-order valence-electron chi connectivity index (χ2n) is 4.08. The fourth-order valence-corrected chi connectivity index (χ4v) is 2.44. The van der Waals surface area contributed by atoms with Crippen LogP contribution in [0.15, 0.2) is 58.7 Å². The summed E-state index contributed by atoms with van der Waals surface area (Å²) in [6.45, 7) is 1.97. The topological polar surface area (TPSA) is 54.5 Å². The monoisotopic (exact) mass is 268 g/mol. The van der Waals surface area contributed by atoms with Crippen molar-refractivity contribution < 1.29 is 0 Å². The number of nitrogens with one attached hydrogen (secondary N) is 1. The van der Waals surface area contributed by atoms with Gasteiger partial charge in [0.1, 0.15) is 5.69 Å². The van der Waals surface area contributed by atoms with Crippen molar-refractivity contribution in [3.05, 3.63) is 54.4 Å². The summed E-state index contributed by atoms with van der Waals surface area (Å²) in [6, 6.07) is 13.9. The zero-order chi connectivity index (χ0) is 13.1. The summed E-state index contributed by atoms with van der Waals surface area (Å²) in [5, 5.41) is 7.85. The van der Waals surface area contributed by atoms with Gasteiger partial charge in [-0.25, -0.2) is 9.97 Å². The number of hydrogen-bond donors (Lipinski definition) is 1. The number of benzene rings is 1. The molecule has 3 aromatic rings. The van der Waals surface area contributed by atoms with Crippen LogP contribution >= 0.6 is 11.8 Å². The molecule has 1 aromatic carbocycles. The number of rotatable bonds is 3. The predicted octanol–water partition coefficient (Wildman–Crippen LogP) is 3.33. The first kappa shape index (κ1) is 11.9. The molecule has 0 atom stereocenters. The van der Waals surface area contributed by atoms with E-state index in [1.807, 2.05) is 49.4 Å². The molecule has 0 spiro atoms. The molecule has 0 bridgehead atoms. The molecule has 1 N–H and O–H groups in total. The van der Waals surface area contributed by atoms with E-state index in [2.05, 4.69) is 20.2 Å². The van der Waals surface area contributed by atoms with Crippen LogP contribution in [0.25, 0.3) is 11.4 Å². The van der Waals surface area contributed by atoms with Gasteiger partial charge in [-0.3, -0.25) is 5.10 Å². The van der Waals surface area contributed by atoms with Gasteiger partial charge in [0.15, 0.2) is 5.16 Å². The highest BCUT2D eigenvalue weighted by Crippen LogP contribution is 2.25. The summed E-state index contributed by atoms with van der Waals surface area (Å²) in [7, 11) is 0. The smallest absolute Gasteiger partial charge is 0.193 e. The number of aromatic amines is 1. The van der Waals surface area contributed by atoms with E-state index in [4.69, 9.17) is 0 Å². The van der Waals surface area contributed by atoms with Crippen molar-refractivity contribution in [3.63, 3.8) is 0 Å². The number of H-pyrrole nitrogens is 1. The lowest BCUT2D eigenvalue weighted by molar-refractivity contribution is 0.961. The lowest BCUT2D eigenvalue weighted by atomic mass is 10.3. The lowest BCUT2D eigenvalue weighted by Crippen LogP contribution is -1.89. The minimum absolute atomic E-state index is 0.726. The van der Waals surface area contributed by atoms with Crippen LogP contribution in [0.5, 0.6) is 0 Å². The zero-order valence-electron chi connectivity index (χ0n) is 10.4. The van der Waals surface area contributed by atoms with Crippen LogP contribution in [0.4, 0.5) is 0 Å². The molecule has 2 heterocycles.